The van der Waals surface area contributed by atoms with E-state index in [1.165, 1.54) is 37.4 Å². The molecule has 0 saturated carbocycles. The van der Waals surface area contributed by atoms with Gasteiger partial charge in [0.25, 0.3) is 0 Å². The molecule has 4 nitrogen and oxygen atoms in total. The zero-order valence-corrected chi connectivity index (χ0v) is 14.6. The second kappa shape index (κ2) is 6.44. The van der Waals surface area contributed by atoms with Crippen molar-refractivity contribution in [1.82, 2.24) is 0 Å². The first-order chi connectivity index (χ1) is 9.83. The SMILES string of the molecule is COc1ccc(Br)cc1S(=O)(=O)Oc1ccc(Cl)cc1Cl. The third-order valence-electron chi connectivity index (χ3n) is 2.49. The Morgan fingerprint density at radius 3 is 2.33 bits per heavy atom. The molecule has 2 aromatic rings. The van der Waals surface area contributed by atoms with E-state index >= 15 is 0 Å². The van der Waals surface area contributed by atoms with Crippen LogP contribution in [0.25, 0.3) is 0 Å². The molecule has 0 N–H and O–H groups in total. The maximum absolute atomic E-state index is 12.4. The maximum atomic E-state index is 12.4. The van der Waals surface area contributed by atoms with Crippen LogP contribution in [0.3, 0.4) is 0 Å². The standard InChI is InChI=1S/C13H9BrCl2O4S/c1-19-12-4-2-8(14)6-13(12)21(17,18)20-11-5-3-9(15)7-10(11)16/h2-7H,1H3. The second-order valence-electron chi connectivity index (χ2n) is 3.91. The third kappa shape index (κ3) is 3.83. The molecular formula is C13H9BrCl2O4S. The van der Waals surface area contributed by atoms with Crippen LogP contribution in [-0.2, 0) is 10.1 Å². The van der Waals surface area contributed by atoms with Gasteiger partial charge < -0.3 is 8.92 Å². The fourth-order valence-electron chi connectivity index (χ4n) is 1.55. The quantitative estimate of drug-likeness (QED) is 0.693. The van der Waals surface area contributed by atoms with Crippen molar-refractivity contribution in [3.63, 3.8) is 0 Å². The van der Waals surface area contributed by atoms with Gasteiger partial charge in [-0.25, -0.2) is 0 Å². The van der Waals surface area contributed by atoms with E-state index in [4.69, 9.17) is 32.1 Å². The summed E-state index contributed by atoms with van der Waals surface area (Å²) in [6.45, 7) is 0. The van der Waals surface area contributed by atoms with Crippen LogP contribution in [-0.4, -0.2) is 15.5 Å². The van der Waals surface area contributed by atoms with Crippen LogP contribution in [0, 0.1) is 0 Å². The van der Waals surface area contributed by atoms with E-state index < -0.39 is 10.1 Å². The Kier molecular flexibility index (Phi) is 5.03. The van der Waals surface area contributed by atoms with E-state index in [9.17, 15) is 8.42 Å². The van der Waals surface area contributed by atoms with Gasteiger partial charge in [0.05, 0.1) is 12.1 Å². The van der Waals surface area contributed by atoms with Crippen LogP contribution in [0.5, 0.6) is 11.5 Å². The average Bonchev–Trinajstić information content (AvgIpc) is 2.42. The summed E-state index contributed by atoms with van der Waals surface area (Å²) in [4.78, 5) is -0.106. The van der Waals surface area contributed by atoms with Gasteiger partial charge in [-0.2, -0.15) is 8.42 Å². The van der Waals surface area contributed by atoms with E-state index in [1.807, 2.05) is 0 Å². The van der Waals surface area contributed by atoms with E-state index in [-0.39, 0.29) is 21.4 Å². The Labute approximate surface area is 140 Å². The highest BCUT2D eigenvalue weighted by Gasteiger charge is 2.23. The summed E-state index contributed by atoms with van der Waals surface area (Å²) in [7, 11) is -2.72. The number of ether oxygens (including phenoxy) is 1. The molecule has 21 heavy (non-hydrogen) atoms. The van der Waals surface area contributed by atoms with Crippen molar-refractivity contribution < 1.29 is 17.3 Å². The fraction of sp³-hybridized carbons (Fsp3) is 0.0769. The minimum Gasteiger partial charge on any atom is -0.495 e. The molecule has 0 saturated heterocycles. The minimum absolute atomic E-state index is 0.0110. The molecule has 0 radical (unpaired) electrons. The summed E-state index contributed by atoms with van der Waals surface area (Å²) in [6.07, 6.45) is 0. The Balaban J connectivity index is 2.45. The molecule has 112 valence electrons. The van der Waals surface area contributed by atoms with Crippen molar-refractivity contribution in [2.24, 2.45) is 0 Å². The molecule has 0 unspecified atom stereocenters. The van der Waals surface area contributed by atoms with E-state index in [2.05, 4.69) is 15.9 Å². The van der Waals surface area contributed by atoms with Crippen molar-refractivity contribution in [2.45, 2.75) is 4.90 Å². The minimum atomic E-state index is -4.10. The lowest BCUT2D eigenvalue weighted by molar-refractivity contribution is 0.398. The van der Waals surface area contributed by atoms with Gasteiger partial charge in [-0.15, -0.1) is 0 Å². The zero-order valence-electron chi connectivity index (χ0n) is 10.6. The van der Waals surface area contributed by atoms with Gasteiger partial charge in [0.15, 0.2) is 5.75 Å². The normalized spacial score (nSPS) is 11.2. The fourth-order valence-corrected chi connectivity index (χ4v) is 3.70. The smallest absolute Gasteiger partial charge is 0.343 e. The molecule has 0 atom stereocenters. The van der Waals surface area contributed by atoms with Gasteiger partial charge in [-0.3, -0.25) is 0 Å². The van der Waals surface area contributed by atoms with Crippen LogP contribution in [0.2, 0.25) is 10.0 Å². The van der Waals surface area contributed by atoms with Crippen LogP contribution in [0.4, 0.5) is 0 Å². The largest absolute Gasteiger partial charge is 0.495 e. The number of hydrogen-bond donors (Lipinski definition) is 0. The van der Waals surface area contributed by atoms with Crippen LogP contribution in [0.15, 0.2) is 45.8 Å². The van der Waals surface area contributed by atoms with Crippen molar-refractivity contribution in [3.8, 4) is 11.5 Å². The zero-order chi connectivity index (χ0) is 15.6. The summed E-state index contributed by atoms with van der Waals surface area (Å²) in [5, 5.41) is 0.477. The molecule has 0 bridgehead atoms. The van der Waals surface area contributed by atoms with Crippen LogP contribution < -0.4 is 8.92 Å². The predicted molar refractivity (Wildman–Crippen MR) is 85.0 cm³/mol. The highest BCUT2D eigenvalue weighted by atomic mass is 79.9. The molecule has 0 spiro atoms. The Bertz CT molecular complexity index is 778. The van der Waals surface area contributed by atoms with Gasteiger partial charge >= 0.3 is 10.1 Å². The summed E-state index contributed by atoms with van der Waals surface area (Å²) >= 11 is 14.9. The monoisotopic (exact) mass is 410 g/mol. The van der Waals surface area contributed by atoms with Crippen LogP contribution >= 0.6 is 39.1 Å². The lowest BCUT2D eigenvalue weighted by atomic mass is 10.3. The first kappa shape index (κ1) is 16.4. The summed E-state index contributed by atoms with van der Waals surface area (Å²) in [6, 6.07) is 8.82. The Morgan fingerprint density at radius 1 is 1.05 bits per heavy atom. The molecule has 0 fully saturated rings. The predicted octanol–water partition coefficient (Wildman–Crippen LogP) is 4.53. The molecule has 0 aliphatic heterocycles. The van der Waals surface area contributed by atoms with E-state index in [0.29, 0.717) is 9.50 Å². The number of halogens is 3. The van der Waals surface area contributed by atoms with E-state index in [1.54, 1.807) is 6.07 Å². The van der Waals surface area contributed by atoms with Gasteiger partial charge in [-0.05, 0) is 36.4 Å². The summed E-state index contributed by atoms with van der Waals surface area (Å²) < 4.78 is 35.4. The Hall–Kier alpha value is -0.950. The number of rotatable bonds is 4. The molecule has 0 aliphatic carbocycles. The first-order valence-corrected chi connectivity index (χ1v) is 8.52. The summed E-state index contributed by atoms with van der Waals surface area (Å²) in [5.41, 5.74) is 0. The van der Waals surface area contributed by atoms with Gasteiger partial charge in [0.2, 0.25) is 0 Å². The maximum Gasteiger partial charge on any atom is 0.343 e. The van der Waals surface area contributed by atoms with E-state index in [0.717, 1.165) is 0 Å². The van der Waals surface area contributed by atoms with Crippen molar-refractivity contribution in [1.29, 1.82) is 0 Å². The highest BCUT2D eigenvalue weighted by Crippen LogP contribution is 2.33. The lowest BCUT2D eigenvalue weighted by Crippen LogP contribution is -2.11. The number of hydrogen-bond acceptors (Lipinski definition) is 4. The number of methoxy groups -OCH3 is 1. The Morgan fingerprint density at radius 2 is 1.71 bits per heavy atom. The lowest BCUT2D eigenvalue weighted by Gasteiger charge is -2.12. The molecule has 0 amide bonds. The number of benzene rings is 2. The third-order valence-corrected chi connectivity index (χ3v) is 4.77. The van der Waals surface area contributed by atoms with Crippen molar-refractivity contribution in [3.05, 3.63) is 50.9 Å². The molecule has 0 aliphatic rings. The first-order valence-electron chi connectivity index (χ1n) is 5.56. The molecule has 2 aromatic carbocycles. The van der Waals surface area contributed by atoms with Crippen LogP contribution in [0.1, 0.15) is 0 Å². The molecule has 0 aromatic heterocycles. The molecular weight excluding hydrogens is 403 g/mol. The van der Waals surface area contributed by atoms with Crippen molar-refractivity contribution in [2.75, 3.05) is 7.11 Å². The average molecular weight is 412 g/mol. The molecule has 2 rings (SSSR count). The topological polar surface area (TPSA) is 52.6 Å². The van der Waals surface area contributed by atoms with Gasteiger partial charge in [0.1, 0.15) is 10.6 Å². The molecule has 0 heterocycles. The molecule has 8 heteroatoms. The van der Waals surface area contributed by atoms with Crippen molar-refractivity contribution >= 4 is 49.2 Å². The highest BCUT2D eigenvalue weighted by molar-refractivity contribution is 9.10. The van der Waals surface area contributed by atoms with Gasteiger partial charge in [-0.1, -0.05) is 39.1 Å². The second-order valence-corrected chi connectivity index (χ2v) is 7.18. The summed E-state index contributed by atoms with van der Waals surface area (Å²) in [5.74, 6) is 0.159. The van der Waals surface area contributed by atoms with Gasteiger partial charge in [0, 0.05) is 9.50 Å².